The molecule has 0 radical (unpaired) electrons. The van der Waals surface area contributed by atoms with Gasteiger partial charge in [-0.3, -0.25) is 4.79 Å². The molecule has 0 aliphatic carbocycles. The third-order valence-electron chi connectivity index (χ3n) is 2.15. The van der Waals surface area contributed by atoms with Crippen LogP contribution in [-0.4, -0.2) is 22.5 Å². The van der Waals surface area contributed by atoms with Crippen LogP contribution < -0.4 is 0 Å². The van der Waals surface area contributed by atoms with Crippen LogP contribution in [0.5, 0.6) is 0 Å². The van der Waals surface area contributed by atoms with Crippen LogP contribution in [0, 0.1) is 5.92 Å². The van der Waals surface area contributed by atoms with E-state index in [0.29, 0.717) is 6.42 Å². The fraction of sp³-hybridized carbons (Fsp3) is 0.273. The second kappa shape index (κ2) is 5.14. The molecule has 0 spiro atoms. The monoisotopic (exact) mass is 207 g/mol. The van der Waals surface area contributed by atoms with Crippen LogP contribution in [0.15, 0.2) is 29.4 Å². The number of carbonyl (C=O) groups is 1. The number of aliphatic carboxylic acids is 1. The maximum absolute atomic E-state index is 10.6. The Bertz CT molecular complexity index is 357. The van der Waals surface area contributed by atoms with E-state index in [-0.39, 0.29) is 5.92 Å². The van der Waals surface area contributed by atoms with Gasteiger partial charge in [0, 0.05) is 0 Å². The molecule has 1 atom stereocenters. The Kier molecular flexibility index (Phi) is 3.85. The smallest absolute Gasteiger partial charge is 0.306 e. The Morgan fingerprint density at radius 2 is 2.07 bits per heavy atom. The van der Waals surface area contributed by atoms with Gasteiger partial charge in [0.25, 0.3) is 0 Å². The van der Waals surface area contributed by atoms with E-state index in [1.54, 1.807) is 19.1 Å². The molecule has 2 N–H and O–H groups in total. The summed E-state index contributed by atoms with van der Waals surface area (Å²) in [6, 6.07) is 7.22. The predicted molar refractivity (Wildman–Crippen MR) is 56.3 cm³/mol. The third-order valence-corrected chi connectivity index (χ3v) is 2.15. The molecular formula is C11H13NO3. The van der Waals surface area contributed by atoms with Gasteiger partial charge in [-0.15, -0.1) is 0 Å². The summed E-state index contributed by atoms with van der Waals surface area (Å²) < 4.78 is 0. The highest BCUT2D eigenvalue weighted by atomic mass is 16.4. The third kappa shape index (κ3) is 3.42. The lowest BCUT2D eigenvalue weighted by atomic mass is 10.0. The van der Waals surface area contributed by atoms with Crippen molar-refractivity contribution < 1.29 is 15.1 Å². The number of rotatable bonds is 4. The van der Waals surface area contributed by atoms with Gasteiger partial charge < -0.3 is 10.3 Å². The number of nitrogens with zero attached hydrogens (tertiary/aromatic N) is 1. The van der Waals surface area contributed by atoms with Crippen molar-refractivity contribution in [1.29, 1.82) is 0 Å². The molecule has 1 rings (SSSR count). The summed E-state index contributed by atoms with van der Waals surface area (Å²) in [5.74, 6) is -1.18. The highest BCUT2D eigenvalue weighted by Crippen LogP contribution is 2.09. The summed E-state index contributed by atoms with van der Waals surface area (Å²) in [7, 11) is 0. The normalized spacial score (nSPS) is 12.9. The number of oxime groups is 1. The molecule has 4 nitrogen and oxygen atoms in total. The molecule has 1 aromatic carbocycles. The molecule has 15 heavy (non-hydrogen) atoms. The Labute approximate surface area is 87.9 Å². The van der Waals surface area contributed by atoms with Crippen molar-refractivity contribution >= 4 is 12.2 Å². The number of carboxylic acids is 1. The fourth-order valence-electron chi connectivity index (χ4n) is 1.25. The van der Waals surface area contributed by atoms with Gasteiger partial charge in [-0.05, 0) is 17.5 Å². The Morgan fingerprint density at radius 3 is 2.53 bits per heavy atom. The first-order valence-corrected chi connectivity index (χ1v) is 4.62. The van der Waals surface area contributed by atoms with Gasteiger partial charge in [-0.2, -0.15) is 0 Å². The number of hydrogen-bond donors (Lipinski definition) is 2. The van der Waals surface area contributed by atoms with E-state index in [2.05, 4.69) is 5.16 Å². The van der Waals surface area contributed by atoms with E-state index in [0.717, 1.165) is 11.1 Å². The zero-order valence-corrected chi connectivity index (χ0v) is 8.42. The zero-order valence-electron chi connectivity index (χ0n) is 8.42. The second-order valence-corrected chi connectivity index (χ2v) is 3.43. The van der Waals surface area contributed by atoms with Crippen molar-refractivity contribution in [2.45, 2.75) is 13.3 Å². The number of carboxylic acid groups (broad SMARTS) is 1. The summed E-state index contributed by atoms with van der Waals surface area (Å²) in [6.07, 6.45) is 1.83. The molecule has 0 amide bonds. The largest absolute Gasteiger partial charge is 0.481 e. The molecule has 80 valence electrons. The highest BCUT2D eigenvalue weighted by molar-refractivity contribution is 5.79. The summed E-state index contributed by atoms with van der Waals surface area (Å²) in [5.41, 5.74) is 1.74. The lowest BCUT2D eigenvalue weighted by Gasteiger charge is -2.05. The molecule has 0 aromatic heterocycles. The SMILES string of the molecule is CC(Cc1ccc(/C=N/O)cc1)C(=O)O. The van der Waals surface area contributed by atoms with E-state index in [1.807, 2.05) is 12.1 Å². The predicted octanol–water partition coefficient (Wildman–Crippen LogP) is 1.76. The minimum atomic E-state index is -0.795. The second-order valence-electron chi connectivity index (χ2n) is 3.43. The fourth-order valence-corrected chi connectivity index (χ4v) is 1.25. The molecule has 0 fully saturated rings. The summed E-state index contributed by atoms with van der Waals surface area (Å²) >= 11 is 0. The molecule has 1 aromatic rings. The van der Waals surface area contributed by atoms with Gasteiger partial charge in [0.15, 0.2) is 0 Å². The van der Waals surface area contributed by atoms with E-state index in [4.69, 9.17) is 10.3 Å². The van der Waals surface area contributed by atoms with Gasteiger partial charge in [0.05, 0.1) is 12.1 Å². The van der Waals surface area contributed by atoms with Crippen molar-refractivity contribution in [3.63, 3.8) is 0 Å². The first-order valence-electron chi connectivity index (χ1n) is 4.62. The topological polar surface area (TPSA) is 69.9 Å². The van der Waals surface area contributed by atoms with Crippen molar-refractivity contribution in [3.8, 4) is 0 Å². The molecule has 0 heterocycles. The summed E-state index contributed by atoms with van der Waals surface area (Å²) in [4.78, 5) is 10.6. The average Bonchev–Trinajstić information content (AvgIpc) is 2.21. The van der Waals surface area contributed by atoms with Gasteiger partial charge in [0.2, 0.25) is 0 Å². The average molecular weight is 207 g/mol. The Hall–Kier alpha value is -1.84. The minimum Gasteiger partial charge on any atom is -0.481 e. The van der Waals surface area contributed by atoms with E-state index < -0.39 is 5.97 Å². The molecule has 4 heteroatoms. The summed E-state index contributed by atoms with van der Waals surface area (Å²) in [6.45, 7) is 1.67. The molecule has 0 aliphatic heterocycles. The van der Waals surface area contributed by atoms with Gasteiger partial charge >= 0.3 is 5.97 Å². The maximum Gasteiger partial charge on any atom is 0.306 e. The zero-order chi connectivity index (χ0) is 11.3. The molecule has 1 unspecified atom stereocenters. The molecule has 0 aliphatic rings. The highest BCUT2D eigenvalue weighted by Gasteiger charge is 2.10. The van der Waals surface area contributed by atoms with Gasteiger partial charge in [0.1, 0.15) is 0 Å². The van der Waals surface area contributed by atoms with Crippen molar-refractivity contribution in [2.24, 2.45) is 11.1 Å². The first kappa shape index (κ1) is 11.2. The standard InChI is InChI=1S/C11H13NO3/c1-8(11(13)14)6-9-2-4-10(5-3-9)7-12-15/h2-5,7-8,15H,6H2,1H3,(H,13,14)/b12-7+. The van der Waals surface area contributed by atoms with Gasteiger partial charge in [-0.1, -0.05) is 36.3 Å². The van der Waals surface area contributed by atoms with Crippen LogP contribution in [0.2, 0.25) is 0 Å². The minimum absolute atomic E-state index is 0.387. The van der Waals surface area contributed by atoms with Crippen LogP contribution in [0.3, 0.4) is 0 Å². The molecule has 0 bridgehead atoms. The lowest BCUT2D eigenvalue weighted by molar-refractivity contribution is -0.141. The number of hydrogen-bond acceptors (Lipinski definition) is 3. The van der Waals surface area contributed by atoms with Gasteiger partial charge in [-0.25, -0.2) is 0 Å². The van der Waals surface area contributed by atoms with E-state index >= 15 is 0 Å². The Morgan fingerprint density at radius 1 is 1.47 bits per heavy atom. The van der Waals surface area contributed by atoms with Crippen LogP contribution in [0.4, 0.5) is 0 Å². The summed E-state index contributed by atoms with van der Waals surface area (Å²) in [5, 5.41) is 19.9. The van der Waals surface area contributed by atoms with Crippen molar-refractivity contribution in [3.05, 3.63) is 35.4 Å². The quantitative estimate of drug-likeness (QED) is 0.449. The maximum atomic E-state index is 10.6. The van der Waals surface area contributed by atoms with Crippen LogP contribution in [-0.2, 0) is 11.2 Å². The molecule has 0 saturated heterocycles. The van der Waals surface area contributed by atoms with Crippen LogP contribution in [0.1, 0.15) is 18.1 Å². The van der Waals surface area contributed by atoms with Crippen molar-refractivity contribution in [2.75, 3.05) is 0 Å². The van der Waals surface area contributed by atoms with Crippen LogP contribution in [0.25, 0.3) is 0 Å². The Balaban J connectivity index is 2.68. The van der Waals surface area contributed by atoms with Crippen molar-refractivity contribution in [1.82, 2.24) is 0 Å². The number of benzene rings is 1. The van der Waals surface area contributed by atoms with Crippen LogP contribution >= 0.6 is 0 Å². The first-order chi connectivity index (χ1) is 7.13. The van der Waals surface area contributed by atoms with E-state index in [1.165, 1.54) is 6.21 Å². The molecular weight excluding hydrogens is 194 g/mol. The molecule has 0 saturated carbocycles. The van der Waals surface area contributed by atoms with E-state index in [9.17, 15) is 4.79 Å². The lowest BCUT2D eigenvalue weighted by Crippen LogP contribution is -2.12.